The predicted molar refractivity (Wildman–Crippen MR) is 79.8 cm³/mol. The largest absolute Gasteiger partial charge is 0.496 e. The van der Waals surface area contributed by atoms with E-state index in [1.54, 1.807) is 31.4 Å². The molecule has 0 aliphatic heterocycles. The Morgan fingerprint density at radius 1 is 1.25 bits per heavy atom. The van der Waals surface area contributed by atoms with Gasteiger partial charge in [-0.3, -0.25) is 4.79 Å². The molecule has 3 nitrogen and oxygen atoms in total. The highest BCUT2D eigenvalue weighted by Crippen LogP contribution is 2.22. The van der Waals surface area contributed by atoms with Crippen molar-refractivity contribution < 1.29 is 13.9 Å². The van der Waals surface area contributed by atoms with Gasteiger partial charge >= 0.3 is 0 Å². The number of hydrogen-bond donors (Lipinski definition) is 1. The lowest BCUT2D eigenvalue weighted by Gasteiger charge is -2.09. The van der Waals surface area contributed by atoms with Gasteiger partial charge in [-0.25, -0.2) is 4.39 Å². The summed E-state index contributed by atoms with van der Waals surface area (Å²) in [6.45, 7) is 1.88. The Hall–Kier alpha value is -1.88. The Morgan fingerprint density at radius 2 is 2.00 bits per heavy atom. The van der Waals surface area contributed by atoms with E-state index in [-0.39, 0.29) is 11.6 Å². The van der Waals surface area contributed by atoms with Gasteiger partial charge in [-0.15, -0.1) is 0 Å². The summed E-state index contributed by atoms with van der Waals surface area (Å²) in [5.74, 6) is -0.259. The summed E-state index contributed by atoms with van der Waals surface area (Å²) in [6.07, 6.45) is 0. The first kappa shape index (κ1) is 14.5. The fourth-order valence-electron chi connectivity index (χ4n) is 1.75. The second kappa shape index (κ2) is 6.05. The lowest BCUT2D eigenvalue weighted by molar-refractivity contribution is 0.102. The lowest BCUT2D eigenvalue weighted by atomic mass is 10.1. The number of carbonyl (C=O) groups is 1. The Labute approximate surface area is 124 Å². The van der Waals surface area contributed by atoms with Crippen LogP contribution in [-0.4, -0.2) is 13.0 Å². The molecule has 2 rings (SSSR count). The first-order chi connectivity index (χ1) is 9.51. The quantitative estimate of drug-likeness (QED) is 0.913. The molecule has 104 valence electrons. The number of rotatable bonds is 3. The molecule has 0 saturated carbocycles. The standard InChI is InChI=1S/C15H13BrFNO2/c1-9-3-4-10(7-14(9)20-2)15(19)18-13-6-5-11(16)8-12(13)17/h3-8H,1-2H3,(H,18,19). The molecule has 0 aromatic heterocycles. The molecular formula is C15H13BrFNO2. The number of ether oxygens (including phenoxy) is 1. The van der Waals surface area contributed by atoms with E-state index in [1.807, 2.05) is 6.92 Å². The molecule has 0 atom stereocenters. The van der Waals surface area contributed by atoms with Crippen LogP contribution < -0.4 is 10.1 Å². The third-order valence-electron chi connectivity index (χ3n) is 2.85. The molecule has 0 aliphatic carbocycles. The summed E-state index contributed by atoms with van der Waals surface area (Å²) in [7, 11) is 1.54. The number of aryl methyl sites for hydroxylation is 1. The van der Waals surface area contributed by atoms with Crippen molar-refractivity contribution in [3.05, 3.63) is 57.8 Å². The monoisotopic (exact) mass is 337 g/mol. The van der Waals surface area contributed by atoms with Gasteiger partial charge in [-0.2, -0.15) is 0 Å². The molecule has 1 amide bonds. The summed E-state index contributed by atoms with van der Waals surface area (Å²) >= 11 is 3.17. The van der Waals surface area contributed by atoms with Crippen molar-refractivity contribution >= 4 is 27.5 Å². The number of hydrogen-bond acceptors (Lipinski definition) is 2. The van der Waals surface area contributed by atoms with Crippen molar-refractivity contribution in [2.75, 3.05) is 12.4 Å². The number of amides is 1. The maximum atomic E-state index is 13.7. The van der Waals surface area contributed by atoms with Crippen molar-refractivity contribution in [2.24, 2.45) is 0 Å². The SMILES string of the molecule is COc1cc(C(=O)Nc2ccc(Br)cc2F)ccc1C. The second-order valence-electron chi connectivity index (χ2n) is 4.26. The fraction of sp³-hybridized carbons (Fsp3) is 0.133. The van der Waals surface area contributed by atoms with E-state index in [9.17, 15) is 9.18 Å². The smallest absolute Gasteiger partial charge is 0.255 e. The average Bonchev–Trinajstić information content (AvgIpc) is 2.42. The van der Waals surface area contributed by atoms with E-state index in [4.69, 9.17) is 4.74 Å². The van der Waals surface area contributed by atoms with Crippen LogP contribution in [0.4, 0.5) is 10.1 Å². The predicted octanol–water partition coefficient (Wildman–Crippen LogP) is 4.16. The average molecular weight is 338 g/mol. The first-order valence-electron chi connectivity index (χ1n) is 5.92. The molecule has 0 heterocycles. The van der Waals surface area contributed by atoms with Crippen LogP contribution in [0.1, 0.15) is 15.9 Å². The molecular weight excluding hydrogens is 325 g/mol. The zero-order valence-electron chi connectivity index (χ0n) is 11.0. The van der Waals surface area contributed by atoms with E-state index < -0.39 is 5.82 Å². The van der Waals surface area contributed by atoms with Crippen LogP contribution in [0.25, 0.3) is 0 Å². The zero-order chi connectivity index (χ0) is 14.7. The first-order valence-corrected chi connectivity index (χ1v) is 6.71. The fourth-order valence-corrected chi connectivity index (χ4v) is 2.08. The number of anilines is 1. The molecule has 2 aromatic carbocycles. The van der Waals surface area contributed by atoms with Crippen LogP contribution in [0.15, 0.2) is 40.9 Å². The maximum Gasteiger partial charge on any atom is 0.255 e. The summed E-state index contributed by atoms with van der Waals surface area (Å²) in [5, 5.41) is 2.53. The third-order valence-corrected chi connectivity index (χ3v) is 3.34. The summed E-state index contributed by atoms with van der Waals surface area (Å²) in [6, 6.07) is 9.54. The highest BCUT2D eigenvalue weighted by atomic mass is 79.9. The minimum atomic E-state index is -0.494. The zero-order valence-corrected chi connectivity index (χ0v) is 12.6. The lowest BCUT2D eigenvalue weighted by Crippen LogP contribution is -2.13. The molecule has 0 bridgehead atoms. The number of nitrogens with one attached hydrogen (secondary N) is 1. The van der Waals surface area contributed by atoms with Gasteiger partial charge in [0.25, 0.3) is 5.91 Å². The van der Waals surface area contributed by atoms with Crippen molar-refractivity contribution in [1.29, 1.82) is 0 Å². The van der Waals surface area contributed by atoms with Gasteiger partial charge in [0.2, 0.25) is 0 Å². The molecule has 0 aliphatic rings. The highest BCUT2D eigenvalue weighted by molar-refractivity contribution is 9.10. The van der Waals surface area contributed by atoms with Gasteiger partial charge in [-0.1, -0.05) is 22.0 Å². The van der Waals surface area contributed by atoms with E-state index in [0.29, 0.717) is 15.8 Å². The molecule has 0 spiro atoms. The molecule has 1 N–H and O–H groups in total. The van der Waals surface area contributed by atoms with Crippen LogP contribution in [0.2, 0.25) is 0 Å². The van der Waals surface area contributed by atoms with Crippen molar-refractivity contribution in [2.45, 2.75) is 6.92 Å². The van der Waals surface area contributed by atoms with E-state index >= 15 is 0 Å². The summed E-state index contributed by atoms with van der Waals surface area (Å²) < 4.78 is 19.4. The van der Waals surface area contributed by atoms with E-state index in [0.717, 1.165) is 5.56 Å². The maximum absolute atomic E-state index is 13.7. The number of methoxy groups -OCH3 is 1. The number of benzene rings is 2. The second-order valence-corrected chi connectivity index (χ2v) is 5.18. The molecule has 5 heteroatoms. The van der Waals surface area contributed by atoms with E-state index in [1.165, 1.54) is 12.1 Å². The van der Waals surface area contributed by atoms with Gasteiger partial charge in [0.15, 0.2) is 0 Å². The Morgan fingerprint density at radius 3 is 2.65 bits per heavy atom. The minimum absolute atomic E-state index is 0.137. The third kappa shape index (κ3) is 3.17. The van der Waals surface area contributed by atoms with Gasteiger partial charge in [0.05, 0.1) is 12.8 Å². The Bertz CT molecular complexity index is 658. The highest BCUT2D eigenvalue weighted by Gasteiger charge is 2.11. The molecule has 0 radical (unpaired) electrons. The Kier molecular flexibility index (Phi) is 4.39. The van der Waals surface area contributed by atoms with Gasteiger partial charge < -0.3 is 10.1 Å². The van der Waals surface area contributed by atoms with Crippen LogP contribution >= 0.6 is 15.9 Å². The van der Waals surface area contributed by atoms with Crippen molar-refractivity contribution in [1.82, 2.24) is 0 Å². The van der Waals surface area contributed by atoms with Crippen molar-refractivity contribution in [3.63, 3.8) is 0 Å². The van der Waals surface area contributed by atoms with Crippen LogP contribution in [0.5, 0.6) is 5.75 Å². The molecule has 0 fully saturated rings. The Balaban J connectivity index is 2.24. The van der Waals surface area contributed by atoms with Gasteiger partial charge in [-0.05, 0) is 42.8 Å². The molecule has 0 saturated heterocycles. The summed E-state index contributed by atoms with van der Waals surface area (Å²) in [5.41, 5.74) is 1.48. The van der Waals surface area contributed by atoms with Gasteiger partial charge in [0, 0.05) is 10.0 Å². The number of carbonyl (C=O) groups excluding carboxylic acids is 1. The van der Waals surface area contributed by atoms with Crippen LogP contribution in [0, 0.1) is 12.7 Å². The minimum Gasteiger partial charge on any atom is -0.496 e. The van der Waals surface area contributed by atoms with Gasteiger partial charge in [0.1, 0.15) is 11.6 Å². The van der Waals surface area contributed by atoms with Crippen LogP contribution in [-0.2, 0) is 0 Å². The molecule has 0 unspecified atom stereocenters. The normalized spacial score (nSPS) is 10.2. The molecule has 2 aromatic rings. The topological polar surface area (TPSA) is 38.3 Å². The summed E-state index contributed by atoms with van der Waals surface area (Å²) in [4.78, 5) is 12.1. The van der Waals surface area contributed by atoms with Crippen molar-refractivity contribution in [3.8, 4) is 5.75 Å². The number of halogens is 2. The van der Waals surface area contributed by atoms with E-state index in [2.05, 4.69) is 21.2 Å². The molecule has 20 heavy (non-hydrogen) atoms. The van der Waals surface area contributed by atoms with Crippen LogP contribution in [0.3, 0.4) is 0 Å².